The van der Waals surface area contributed by atoms with Crippen molar-refractivity contribution in [2.75, 3.05) is 13.7 Å². The molecular formula is C16H16N4O2. The van der Waals surface area contributed by atoms with Crippen LogP contribution in [0.1, 0.15) is 29.5 Å². The Balaban J connectivity index is 1.87. The van der Waals surface area contributed by atoms with Crippen molar-refractivity contribution in [3.63, 3.8) is 0 Å². The number of ether oxygens (including phenoxy) is 1. The van der Waals surface area contributed by atoms with Gasteiger partial charge in [0.1, 0.15) is 6.33 Å². The molecule has 0 amide bonds. The molecule has 0 radical (unpaired) electrons. The molecule has 1 N–H and O–H groups in total. The Morgan fingerprint density at radius 1 is 1.23 bits per heavy atom. The fraction of sp³-hybridized carbons (Fsp3) is 0.312. The molecule has 4 rings (SSSR count). The van der Waals surface area contributed by atoms with Crippen molar-refractivity contribution < 1.29 is 9.84 Å². The van der Waals surface area contributed by atoms with Crippen molar-refractivity contribution >= 4 is 11.2 Å². The highest BCUT2D eigenvalue weighted by atomic mass is 16.5. The first kappa shape index (κ1) is 13.2. The highest BCUT2D eigenvalue weighted by molar-refractivity contribution is 5.76. The smallest absolute Gasteiger partial charge is 0.245 e. The van der Waals surface area contributed by atoms with Gasteiger partial charge in [-0.15, -0.1) is 0 Å². The summed E-state index contributed by atoms with van der Waals surface area (Å²) in [6.45, 7) is 0.151. The Labute approximate surface area is 127 Å². The van der Waals surface area contributed by atoms with E-state index in [0.717, 1.165) is 12.1 Å². The number of rotatable bonds is 3. The van der Waals surface area contributed by atoms with Gasteiger partial charge in [-0.05, 0) is 17.5 Å². The van der Waals surface area contributed by atoms with Crippen LogP contribution in [0.5, 0.6) is 5.88 Å². The fourth-order valence-electron chi connectivity index (χ4n) is 3.35. The summed E-state index contributed by atoms with van der Waals surface area (Å²) in [6, 6.07) is 8.37. The fourth-order valence-corrected chi connectivity index (χ4v) is 3.35. The van der Waals surface area contributed by atoms with Gasteiger partial charge in [-0.1, -0.05) is 24.3 Å². The summed E-state index contributed by atoms with van der Waals surface area (Å²) in [5, 5.41) is 9.65. The minimum Gasteiger partial charge on any atom is -0.479 e. The molecule has 0 spiro atoms. The van der Waals surface area contributed by atoms with Crippen molar-refractivity contribution in [2.45, 2.75) is 18.4 Å². The van der Waals surface area contributed by atoms with Gasteiger partial charge in [-0.2, -0.15) is 4.98 Å². The normalized spacial score (nSPS) is 20.3. The molecule has 0 bridgehead atoms. The van der Waals surface area contributed by atoms with E-state index in [4.69, 9.17) is 4.74 Å². The van der Waals surface area contributed by atoms with E-state index < -0.39 is 0 Å². The maximum absolute atomic E-state index is 9.65. The minimum atomic E-state index is 0.123. The molecule has 1 aliphatic rings. The average molecular weight is 296 g/mol. The second-order valence-corrected chi connectivity index (χ2v) is 5.47. The quantitative estimate of drug-likeness (QED) is 0.799. The molecule has 2 aromatic heterocycles. The molecule has 22 heavy (non-hydrogen) atoms. The Morgan fingerprint density at radius 3 is 2.82 bits per heavy atom. The second kappa shape index (κ2) is 5.06. The number of benzene rings is 1. The van der Waals surface area contributed by atoms with E-state index in [1.54, 1.807) is 13.4 Å². The van der Waals surface area contributed by atoms with Crippen LogP contribution in [0.25, 0.3) is 11.2 Å². The van der Waals surface area contributed by atoms with Gasteiger partial charge >= 0.3 is 0 Å². The number of aliphatic hydroxyl groups excluding tert-OH is 1. The Bertz CT molecular complexity index is 830. The number of nitrogens with zero attached hydrogens (tertiary/aromatic N) is 4. The lowest BCUT2D eigenvalue weighted by Gasteiger charge is -2.14. The lowest BCUT2D eigenvalue weighted by atomic mass is 10.0. The van der Waals surface area contributed by atoms with Crippen LogP contribution < -0.4 is 4.74 Å². The number of aromatic nitrogens is 4. The number of hydrogen-bond donors (Lipinski definition) is 1. The first-order chi connectivity index (χ1) is 10.8. The molecule has 0 saturated heterocycles. The van der Waals surface area contributed by atoms with E-state index in [9.17, 15) is 5.11 Å². The molecule has 0 unspecified atom stereocenters. The van der Waals surface area contributed by atoms with Crippen LogP contribution in [0, 0.1) is 0 Å². The summed E-state index contributed by atoms with van der Waals surface area (Å²) in [4.78, 5) is 12.9. The SMILES string of the molecule is COc1ncnc2c1ncn2[C@@H]1C[C@H](CO)c2ccccc21. The van der Waals surface area contributed by atoms with Crippen molar-refractivity contribution in [2.24, 2.45) is 0 Å². The topological polar surface area (TPSA) is 73.1 Å². The molecule has 6 heteroatoms. The summed E-state index contributed by atoms with van der Waals surface area (Å²) >= 11 is 0. The van der Waals surface area contributed by atoms with E-state index in [-0.39, 0.29) is 18.6 Å². The van der Waals surface area contributed by atoms with Gasteiger partial charge < -0.3 is 14.4 Å². The van der Waals surface area contributed by atoms with Crippen LogP contribution in [-0.2, 0) is 0 Å². The van der Waals surface area contributed by atoms with Gasteiger partial charge in [-0.25, -0.2) is 9.97 Å². The predicted molar refractivity (Wildman–Crippen MR) is 80.9 cm³/mol. The number of methoxy groups -OCH3 is 1. The molecule has 0 fully saturated rings. The van der Waals surface area contributed by atoms with Crippen molar-refractivity contribution in [1.29, 1.82) is 0 Å². The first-order valence-corrected chi connectivity index (χ1v) is 7.24. The van der Waals surface area contributed by atoms with Crippen LogP contribution >= 0.6 is 0 Å². The maximum atomic E-state index is 9.65. The van der Waals surface area contributed by atoms with Gasteiger partial charge in [0.2, 0.25) is 5.88 Å². The standard InChI is InChI=1S/C16H16N4O2/c1-22-16-14-15(17-8-18-16)20(9-19-14)13-6-10(7-21)11-4-2-3-5-12(11)13/h2-5,8-10,13,21H,6-7H2,1H3/t10-,13-/m1/s1. The molecular weight excluding hydrogens is 280 g/mol. The molecule has 1 aromatic carbocycles. The molecule has 2 atom stereocenters. The summed E-state index contributed by atoms with van der Waals surface area (Å²) in [6.07, 6.45) is 4.11. The van der Waals surface area contributed by atoms with E-state index in [2.05, 4.69) is 27.1 Å². The Kier molecular flexibility index (Phi) is 3.04. The van der Waals surface area contributed by atoms with Crippen molar-refractivity contribution in [3.8, 4) is 5.88 Å². The van der Waals surface area contributed by atoms with E-state index >= 15 is 0 Å². The maximum Gasteiger partial charge on any atom is 0.245 e. The number of hydrogen-bond acceptors (Lipinski definition) is 5. The van der Waals surface area contributed by atoms with Gasteiger partial charge in [0, 0.05) is 5.92 Å². The molecule has 112 valence electrons. The summed E-state index contributed by atoms with van der Waals surface area (Å²) < 4.78 is 7.30. The zero-order valence-electron chi connectivity index (χ0n) is 12.2. The number of aliphatic hydroxyl groups is 1. The van der Waals surface area contributed by atoms with Crippen LogP contribution in [0.3, 0.4) is 0 Å². The predicted octanol–water partition coefficient (Wildman–Crippen LogP) is 1.90. The zero-order valence-corrected chi connectivity index (χ0v) is 12.2. The summed E-state index contributed by atoms with van der Waals surface area (Å²) in [7, 11) is 1.58. The summed E-state index contributed by atoms with van der Waals surface area (Å²) in [5.41, 5.74) is 3.84. The Morgan fingerprint density at radius 2 is 2.05 bits per heavy atom. The Hall–Kier alpha value is -2.47. The minimum absolute atomic E-state index is 0.123. The highest BCUT2D eigenvalue weighted by Crippen LogP contribution is 2.43. The lowest BCUT2D eigenvalue weighted by Crippen LogP contribution is -2.08. The molecule has 0 saturated carbocycles. The molecule has 6 nitrogen and oxygen atoms in total. The van der Waals surface area contributed by atoms with Gasteiger partial charge in [0.25, 0.3) is 0 Å². The van der Waals surface area contributed by atoms with E-state index in [1.807, 2.05) is 16.7 Å². The number of fused-ring (bicyclic) bond motifs is 2. The van der Waals surface area contributed by atoms with Crippen molar-refractivity contribution in [1.82, 2.24) is 19.5 Å². The highest BCUT2D eigenvalue weighted by Gasteiger charge is 2.32. The van der Waals surface area contributed by atoms with Crippen LogP contribution in [-0.4, -0.2) is 38.3 Å². The number of imidazole rings is 1. The molecule has 0 aliphatic heterocycles. The summed E-state index contributed by atoms with van der Waals surface area (Å²) in [5.74, 6) is 0.635. The molecule has 2 heterocycles. The van der Waals surface area contributed by atoms with Gasteiger partial charge in [0.05, 0.1) is 26.1 Å². The largest absolute Gasteiger partial charge is 0.479 e. The zero-order chi connectivity index (χ0) is 15.1. The van der Waals surface area contributed by atoms with Crippen LogP contribution in [0.4, 0.5) is 0 Å². The molecule has 1 aliphatic carbocycles. The monoisotopic (exact) mass is 296 g/mol. The van der Waals surface area contributed by atoms with Crippen LogP contribution in [0.15, 0.2) is 36.9 Å². The lowest BCUT2D eigenvalue weighted by molar-refractivity contribution is 0.259. The third-order valence-corrected chi connectivity index (χ3v) is 4.38. The van der Waals surface area contributed by atoms with Gasteiger partial charge in [-0.3, -0.25) is 0 Å². The van der Waals surface area contributed by atoms with Crippen LogP contribution in [0.2, 0.25) is 0 Å². The van der Waals surface area contributed by atoms with Crippen molar-refractivity contribution in [3.05, 3.63) is 48.0 Å². The third-order valence-electron chi connectivity index (χ3n) is 4.38. The third kappa shape index (κ3) is 1.80. The average Bonchev–Trinajstić information content (AvgIpc) is 3.15. The van der Waals surface area contributed by atoms with E-state index in [1.165, 1.54) is 17.5 Å². The second-order valence-electron chi connectivity index (χ2n) is 5.47. The van der Waals surface area contributed by atoms with Gasteiger partial charge in [0.15, 0.2) is 11.2 Å². The van der Waals surface area contributed by atoms with E-state index in [0.29, 0.717) is 11.4 Å². The molecule has 3 aromatic rings. The first-order valence-electron chi connectivity index (χ1n) is 7.24.